The maximum Gasteiger partial charge on any atom is 0.263 e. The van der Waals surface area contributed by atoms with Gasteiger partial charge < -0.3 is 10.1 Å². The molecular weight excluding hydrogens is 418 g/mol. The molecule has 164 valence electrons. The molecule has 32 heavy (non-hydrogen) atoms. The largest absolute Gasteiger partial charge is 0.480 e. The smallest absolute Gasteiger partial charge is 0.263 e. The van der Waals surface area contributed by atoms with E-state index >= 15 is 0 Å². The zero-order chi connectivity index (χ0) is 22.2. The number of alkyl halides is 2. The Kier molecular flexibility index (Phi) is 5.08. The van der Waals surface area contributed by atoms with E-state index in [1.807, 2.05) is 6.92 Å². The molecule has 0 aliphatic heterocycles. The van der Waals surface area contributed by atoms with Crippen LogP contribution in [0.1, 0.15) is 55.1 Å². The first-order valence-electron chi connectivity index (χ1n) is 10.2. The van der Waals surface area contributed by atoms with Crippen LogP contribution < -0.4 is 10.1 Å². The molecular formula is C21H20F2N8O. The van der Waals surface area contributed by atoms with Crippen molar-refractivity contribution < 1.29 is 13.5 Å². The van der Waals surface area contributed by atoms with Crippen molar-refractivity contribution in [3.05, 3.63) is 53.9 Å². The van der Waals surface area contributed by atoms with E-state index in [-0.39, 0.29) is 17.5 Å². The van der Waals surface area contributed by atoms with E-state index < -0.39 is 6.43 Å². The minimum Gasteiger partial charge on any atom is -0.480 e. The quantitative estimate of drug-likeness (QED) is 0.462. The standard InChI is InChI=1S/C21H20F2N8O/c1-11(21-26-10-27-31(21)16-5-6-17(32-2)30-29-16)28-20-15-8-13(19(22)23)7-14(12-3-4-12)18(15)24-9-25-20/h5-12,19H,3-4H2,1-2H3,(H,24,25,28)/t11-/m0/s1. The van der Waals surface area contributed by atoms with Gasteiger partial charge >= 0.3 is 0 Å². The third kappa shape index (κ3) is 3.70. The van der Waals surface area contributed by atoms with Crippen molar-refractivity contribution in [3.8, 4) is 11.7 Å². The number of methoxy groups -OCH3 is 1. The van der Waals surface area contributed by atoms with Gasteiger partial charge in [0.05, 0.1) is 18.7 Å². The van der Waals surface area contributed by atoms with Crippen molar-refractivity contribution >= 4 is 16.7 Å². The molecule has 0 unspecified atom stereocenters. The van der Waals surface area contributed by atoms with Gasteiger partial charge in [-0.3, -0.25) is 0 Å². The monoisotopic (exact) mass is 438 g/mol. The molecule has 3 aromatic heterocycles. The van der Waals surface area contributed by atoms with Crippen LogP contribution in [0.4, 0.5) is 14.6 Å². The van der Waals surface area contributed by atoms with Crippen LogP contribution in [0.25, 0.3) is 16.7 Å². The minimum absolute atomic E-state index is 0.0263. The fourth-order valence-electron chi connectivity index (χ4n) is 3.69. The number of halogens is 2. The SMILES string of the molecule is COc1ccc(-n2ncnc2[C@H](C)Nc2ncnc3c(C4CC4)cc(C(F)F)cc23)nn1. The maximum absolute atomic E-state index is 13.6. The number of ether oxygens (including phenoxy) is 1. The number of hydrogen-bond acceptors (Lipinski definition) is 8. The normalized spacial score (nSPS) is 14.7. The Hall–Kier alpha value is -3.76. The predicted molar refractivity (Wildman–Crippen MR) is 112 cm³/mol. The van der Waals surface area contributed by atoms with Crippen LogP contribution >= 0.6 is 0 Å². The summed E-state index contributed by atoms with van der Waals surface area (Å²) in [5.74, 6) is 2.14. The summed E-state index contributed by atoms with van der Waals surface area (Å²) in [5, 5.41) is 16.2. The fraction of sp³-hybridized carbons (Fsp3) is 0.333. The van der Waals surface area contributed by atoms with E-state index in [1.165, 1.54) is 25.8 Å². The van der Waals surface area contributed by atoms with Crippen molar-refractivity contribution in [3.63, 3.8) is 0 Å². The first-order valence-corrected chi connectivity index (χ1v) is 10.2. The van der Waals surface area contributed by atoms with Crippen LogP contribution in [-0.2, 0) is 0 Å². The van der Waals surface area contributed by atoms with Gasteiger partial charge in [0.15, 0.2) is 11.6 Å². The summed E-state index contributed by atoms with van der Waals surface area (Å²) in [6, 6.07) is 6.06. The molecule has 1 aromatic carbocycles. The Bertz CT molecular complexity index is 1260. The van der Waals surface area contributed by atoms with Crippen LogP contribution in [0, 0.1) is 0 Å². The lowest BCUT2D eigenvalue weighted by Crippen LogP contribution is -2.16. The first kappa shape index (κ1) is 20.2. The third-order valence-electron chi connectivity index (χ3n) is 5.43. The molecule has 1 N–H and O–H groups in total. The Labute approximate surface area is 181 Å². The van der Waals surface area contributed by atoms with E-state index in [2.05, 4.69) is 35.6 Å². The van der Waals surface area contributed by atoms with Crippen molar-refractivity contribution in [2.75, 3.05) is 12.4 Å². The molecule has 0 spiro atoms. The number of fused-ring (bicyclic) bond motifs is 1. The van der Waals surface area contributed by atoms with Crippen LogP contribution in [0.15, 0.2) is 36.9 Å². The highest BCUT2D eigenvalue weighted by Crippen LogP contribution is 2.44. The second kappa shape index (κ2) is 8.06. The zero-order valence-electron chi connectivity index (χ0n) is 17.4. The Morgan fingerprint density at radius 2 is 1.94 bits per heavy atom. The van der Waals surface area contributed by atoms with E-state index in [0.29, 0.717) is 34.2 Å². The lowest BCUT2D eigenvalue weighted by atomic mass is 10.0. The van der Waals surface area contributed by atoms with Crippen molar-refractivity contribution in [2.24, 2.45) is 0 Å². The molecule has 11 heteroatoms. The highest BCUT2D eigenvalue weighted by molar-refractivity contribution is 5.92. The van der Waals surface area contributed by atoms with Gasteiger partial charge in [0, 0.05) is 17.0 Å². The summed E-state index contributed by atoms with van der Waals surface area (Å²) in [4.78, 5) is 13.1. The van der Waals surface area contributed by atoms with Gasteiger partial charge in [0.1, 0.15) is 18.5 Å². The van der Waals surface area contributed by atoms with Gasteiger partial charge in [0.2, 0.25) is 5.88 Å². The second-order valence-electron chi connectivity index (χ2n) is 7.63. The number of aromatic nitrogens is 7. The van der Waals surface area contributed by atoms with Gasteiger partial charge in [0.25, 0.3) is 6.43 Å². The molecule has 1 aliphatic rings. The summed E-state index contributed by atoms with van der Waals surface area (Å²) in [7, 11) is 1.51. The fourth-order valence-corrected chi connectivity index (χ4v) is 3.69. The molecule has 0 radical (unpaired) electrons. The van der Waals surface area contributed by atoms with E-state index in [4.69, 9.17) is 4.74 Å². The lowest BCUT2D eigenvalue weighted by molar-refractivity contribution is 0.151. The number of anilines is 1. The van der Waals surface area contributed by atoms with Crippen LogP contribution in [0.2, 0.25) is 0 Å². The molecule has 0 amide bonds. The Balaban J connectivity index is 1.51. The molecule has 3 heterocycles. The number of rotatable bonds is 7. The Morgan fingerprint density at radius 1 is 1.09 bits per heavy atom. The van der Waals surface area contributed by atoms with Gasteiger partial charge in [-0.25, -0.2) is 23.7 Å². The topological polar surface area (TPSA) is 104 Å². The lowest BCUT2D eigenvalue weighted by Gasteiger charge is -2.17. The zero-order valence-corrected chi connectivity index (χ0v) is 17.4. The summed E-state index contributed by atoms with van der Waals surface area (Å²) in [6.45, 7) is 1.88. The number of nitrogens with zero attached hydrogens (tertiary/aromatic N) is 7. The average molecular weight is 438 g/mol. The summed E-state index contributed by atoms with van der Waals surface area (Å²) < 4.78 is 33.7. The molecule has 1 atom stereocenters. The highest BCUT2D eigenvalue weighted by atomic mass is 19.3. The number of nitrogens with one attached hydrogen (secondary N) is 1. The van der Waals surface area contributed by atoms with Crippen LogP contribution in [-0.4, -0.2) is 42.0 Å². The number of hydrogen-bond donors (Lipinski definition) is 1. The van der Waals surface area contributed by atoms with Crippen molar-refractivity contribution in [1.82, 2.24) is 34.9 Å². The first-order chi connectivity index (χ1) is 15.5. The van der Waals surface area contributed by atoms with Gasteiger partial charge in [-0.2, -0.15) is 9.78 Å². The van der Waals surface area contributed by atoms with Gasteiger partial charge in [-0.15, -0.1) is 10.2 Å². The van der Waals surface area contributed by atoms with E-state index in [9.17, 15) is 8.78 Å². The summed E-state index contributed by atoms with van der Waals surface area (Å²) >= 11 is 0. The molecule has 0 bridgehead atoms. The van der Waals surface area contributed by atoms with Gasteiger partial charge in [-0.05, 0) is 49.4 Å². The van der Waals surface area contributed by atoms with Gasteiger partial charge in [-0.1, -0.05) is 0 Å². The maximum atomic E-state index is 13.6. The molecule has 1 aliphatic carbocycles. The third-order valence-corrected chi connectivity index (χ3v) is 5.43. The highest BCUT2D eigenvalue weighted by Gasteiger charge is 2.28. The van der Waals surface area contributed by atoms with Crippen LogP contribution in [0.3, 0.4) is 0 Å². The molecule has 5 rings (SSSR count). The summed E-state index contributed by atoms with van der Waals surface area (Å²) in [5.41, 5.74) is 1.53. The number of benzene rings is 1. The molecule has 4 aromatic rings. The molecule has 9 nitrogen and oxygen atoms in total. The van der Waals surface area contributed by atoms with Crippen molar-refractivity contribution in [1.29, 1.82) is 0 Å². The van der Waals surface area contributed by atoms with E-state index in [1.54, 1.807) is 22.9 Å². The summed E-state index contributed by atoms with van der Waals surface area (Å²) in [6.07, 6.45) is 2.26. The molecule has 1 saturated carbocycles. The molecule has 0 saturated heterocycles. The minimum atomic E-state index is -2.57. The Morgan fingerprint density at radius 3 is 2.62 bits per heavy atom. The van der Waals surface area contributed by atoms with E-state index in [0.717, 1.165) is 18.4 Å². The molecule has 1 fully saturated rings. The van der Waals surface area contributed by atoms with Crippen LogP contribution in [0.5, 0.6) is 5.88 Å². The average Bonchev–Trinajstić information content (AvgIpc) is 3.54. The predicted octanol–water partition coefficient (Wildman–Crippen LogP) is 4.00. The second-order valence-corrected chi connectivity index (χ2v) is 7.63. The van der Waals surface area contributed by atoms with Crippen molar-refractivity contribution in [2.45, 2.75) is 38.2 Å².